The van der Waals surface area contributed by atoms with Crippen LogP contribution in [0, 0.1) is 5.82 Å². The van der Waals surface area contributed by atoms with E-state index in [-0.39, 0.29) is 41.8 Å². The van der Waals surface area contributed by atoms with E-state index in [0.717, 1.165) is 18.4 Å². The van der Waals surface area contributed by atoms with Crippen LogP contribution in [-0.2, 0) is 6.42 Å². The van der Waals surface area contributed by atoms with Gasteiger partial charge in [0.1, 0.15) is 5.82 Å². The fourth-order valence-corrected chi connectivity index (χ4v) is 3.15. The number of nitrogens with two attached hydrogens (primary N) is 1. The van der Waals surface area contributed by atoms with E-state index in [1.165, 1.54) is 10.9 Å². The number of thiophene rings is 1. The van der Waals surface area contributed by atoms with Gasteiger partial charge < -0.3 is 11.1 Å². The van der Waals surface area contributed by atoms with Crippen LogP contribution in [0.5, 0.6) is 0 Å². The van der Waals surface area contributed by atoms with Gasteiger partial charge in [-0.3, -0.25) is 4.99 Å². The Hall–Kier alpha value is -1.15. The van der Waals surface area contributed by atoms with Crippen LogP contribution in [0.25, 0.3) is 0 Å². The van der Waals surface area contributed by atoms with Crippen LogP contribution < -0.4 is 11.1 Å². The highest BCUT2D eigenvalue weighted by atomic mass is 127. The van der Waals surface area contributed by atoms with Gasteiger partial charge in [0, 0.05) is 29.8 Å². The molecule has 6 heteroatoms. The van der Waals surface area contributed by atoms with Gasteiger partial charge in [0.2, 0.25) is 0 Å². The standard InChI is InChI=1S/C16H18FN3S.HI/c17-14-6-2-1-5-12(14)13-10-15(13)20-16(18)19-8-7-11-4-3-9-21-11;/h1-6,9,13,15H,7-8,10H2,(H3,18,19,20);1H. The Balaban J connectivity index is 0.00000176. The lowest BCUT2D eigenvalue weighted by Crippen LogP contribution is -2.34. The summed E-state index contributed by atoms with van der Waals surface area (Å²) in [5, 5.41) is 5.23. The molecule has 0 radical (unpaired) electrons. The molecule has 0 aliphatic heterocycles. The Morgan fingerprint density at radius 3 is 2.86 bits per heavy atom. The summed E-state index contributed by atoms with van der Waals surface area (Å²) in [6, 6.07) is 11.3. The minimum atomic E-state index is -0.139. The molecular weight excluding hydrogens is 412 g/mol. The van der Waals surface area contributed by atoms with Crippen molar-refractivity contribution < 1.29 is 4.39 Å². The third-order valence-corrected chi connectivity index (χ3v) is 4.59. The van der Waals surface area contributed by atoms with Crippen molar-refractivity contribution in [2.75, 3.05) is 6.54 Å². The van der Waals surface area contributed by atoms with Crippen molar-refractivity contribution in [1.29, 1.82) is 0 Å². The number of hydrogen-bond donors (Lipinski definition) is 2. The Morgan fingerprint density at radius 1 is 1.32 bits per heavy atom. The van der Waals surface area contributed by atoms with E-state index in [9.17, 15) is 4.39 Å². The van der Waals surface area contributed by atoms with Crippen molar-refractivity contribution in [3.05, 3.63) is 58.0 Å². The molecule has 1 heterocycles. The average Bonchev–Trinajstić information content (AvgIpc) is 3.01. The second-order valence-electron chi connectivity index (χ2n) is 5.21. The third kappa shape index (κ3) is 4.42. The molecule has 3 N–H and O–H groups in total. The molecule has 118 valence electrons. The second kappa shape index (κ2) is 7.92. The smallest absolute Gasteiger partial charge is 0.188 e. The molecule has 0 saturated heterocycles. The number of aliphatic imine (C=N–C) groups is 1. The van der Waals surface area contributed by atoms with E-state index < -0.39 is 0 Å². The summed E-state index contributed by atoms with van der Waals surface area (Å²) in [5.74, 6) is 0.521. The summed E-state index contributed by atoms with van der Waals surface area (Å²) >= 11 is 1.73. The van der Waals surface area contributed by atoms with Gasteiger partial charge in [-0.05, 0) is 29.5 Å². The van der Waals surface area contributed by atoms with E-state index in [2.05, 4.69) is 21.8 Å². The van der Waals surface area contributed by atoms with Crippen LogP contribution >= 0.6 is 35.3 Å². The molecule has 1 aliphatic carbocycles. The van der Waals surface area contributed by atoms with Gasteiger partial charge in [0.15, 0.2) is 5.96 Å². The third-order valence-electron chi connectivity index (χ3n) is 3.65. The zero-order chi connectivity index (χ0) is 14.7. The molecule has 22 heavy (non-hydrogen) atoms. The predicted octanol–water partition coefficient (Wildman–Crippen LogP) is 3.51. The summed E-state index contributed by atoms with van der Waals surface area (Å²) in [7, 11) is 0. The maximum absolute atomic E-state index is 13.7. The maximum Gasteiger partial charge on any atom is 0.188 e. The molecule has 2 atom stereocenters. The van der Waals surface area contributed by atoms with Gasteiger partial charge in [-0.1, -0.05) is 24.3 Å². The monoisotopic (exact) mass is 431 g/mol. The van der Waals surface area contributed by atoms with E-state index in [4.69, 9.17) is 5.73 Å². The zero-order valence-corrected chi connectivity index (χ0v) is 15.2. The molecular formula is C16H19FIN3S. The van der Waals surface area contributed by atoms with Crippen LogP contribution in [0.2, 0.25) is 0 Å². The molecule has 0 bridgehead atoms. The average molecular weight is 431 g/mol. The van der Waals surface area contributed by atoms with E-state index in [1.54, 1.807) is 17.4 Å². The highest BCUT2D eigenvalue weighted by Gasteiger charge is 2.40. The van der Waals surface area contributed by atoms with Crippen molar-refractivity contribution in [2.24, 2.45) is 10.7 Å². The summed E-state index contributed by atoms with van der Waals surface area (Å²) < 4.78 is 13.7. The zero-order valence-electron chi connectivity index (χ0n) is 12.0. The number of benzene rings is 1. The first-order valence-corrected chi connectivity index (χ1v) is 7.95. The molecule has 0 spiro atoms. The minimum absolute atomic E-state index is 0. The second-order valence-corrected chi connectivity index (χ2v) is 6.24. The van der Waals surface area contributed by atoms with E-state index in [0.29, 0.717) is 12.5 Å². The first-order valence-electron chi connectivity index (χ1n) is 7.07. The van der Waals surface area contributed by atoms with Crippen molar-refractivity contribution >= 4 is 41.3 Å². The van der Waals surface area contributed by atoms with Gasteiger partial charge in [-0.15, -0.1) is 35.3 Å². The molecule has 0 amide bonds. The van der Waals surface area contributed by atoms with Crippen molar-refractivity contribution in [1.82, 2.24) is 5.32 Å². The van der Waals surface area contributed by atoms with Crippen LogP contribution in [0.3, 0.4) is 0 Å². The van der Waals surface area contributed by atoms with Crippen molar-refractivity contribution in [3.8, 4) is 0 Å². The van der Waals surface area contributed by atoms with Crippen LogP contribution in [0.1, 0.15) is 22.8 Å². The number of guanidine groups is 1. The highest BCUT2D eigenvalue weighted by molar-refractivity contribution is 14.0. The van der Waals surface area contributed by atoms with Crippen molar-refractivity contribution in [2.45, 2.75) is 24.8 Å². The quantitative estimate of drug-likeness (QED) is 0.433. The maximum atomic E-state index is 13.7. The molecule has 2 aromatic rings. The lowest BCUT2D eigenvalue weighted by Gasteiger charge is -2.06. The Kier molecular flexibility index (Phi) is 6.19. The van der Waals surface area contributed by atoms with Gasteiger partial charge >= 0.3 is 0 Å². The lowest BCUT2D eigenvalue weighted by molar-refractivity contribution is 0.608. The normalized spacial score (nSPS) is 20.3. The van der Waals surface area contributed by atoms with Crippen molar-refractivity contribution in [3.63, 3.8) is 0 Å². The number of nitrogens with one attached hydrogen (secondary N) is 1. The Labute approximate surface area is 150 Å². The topological polar surface area (TPSA) is 50.4 Å². The van der Waals surface area contributed by atoms with E-state index in [1.807, 2.05) is 18.2 Å². The van der Waals surface area contributed by atoms with Crippen LogP contribution in [0.4, 0.5) is 4.39 Å². The fourth-order valence-electron chi connectivity index (χ4n) is 2.45. The van der Waals surface area contributed by atoms with Crippen LogP contribution in [0.15, 0.2) is 46.8 Å². The van der Waals surface area contributed by atoms with Gasteiger partial charge in [0.25, 0.3) is 0 Å². The first-order chi connectivity index (χ1) is 10.2. The summed E-state index contributed by atoms with van der Waals surface area (Å²) in [6.07, 6.45) is 1.81. The van der Waals surface area contributed by atoms with Gasteiger partial charge in [0.05, 0.1) is 0 Å². The van der Waals surface area contributed by atoms with E-state index >= 15 is 0 Å². The number of hydrogen-bond acceptors (Lipinski definition) is 2. The molecule has 1 fully saturated rings. The SMILES string of the molecule is I.NC(=NCCc1cccs1)NC1CC1c1ccccc1F. The Morgan fingerprint density at radius 2 is 2.14 bits per heavy atom. The lowest BCUT2D eigenvalue weighted by atomic mass is 10.1. The molecule has 1 aromatic heterocycles. The first kappa shape index (κ1) is 17.2. The van der Waals surface area contributed by atoms with Gasteiger partial charge in [-0.25, -0.2) is 4.39 Å². The minimum Gasteiger partial charge on any atom is -0.370 e. The molecule has 1 saturated carbocycles. The molecule has 1 aliphatic rings. The number of rotatable bonds is 5. The van der Waals surface area contributed by atoms with Crippen LogP contribution in [-0.4, -0.2) is 18.5 Å². The molecule has 3 rings (SSSR count). The summed E-state index contributed by atoms with van der Waals surface area (Å²) in [5.41, 5.74) is 6.65. The van der Waals surface area contributed by atoms with Gasteiger partial charge in [-0.2, -0.15) is 0 Å². The fraction of sp³-hybridized carbons (Fsp3) is 0.312. The summed E-state index contributed by atoms with van der Waals surface area (Å²) in [6.45, 7) is 0.677. The molecule has 1 aromatic carbocycles. The summed E-state index contributed by atoms with van der Waals surface area (Å²) in [4.78, 5) is 5.63. The predicted molar refractivity (Wildman–Crippen MR) is 101 cm³/mol. The molecule has 2 unspecified atom stereocenters. The highest BCUT2D eigenvalue weighted by Crippen LogP contribution is 2.41. The Bertz CT molecular complexity index is 630. The number of halogens is 2. The molecule has 3 nitrogen and oxygen atoms in total. The number of nitrogens with zero attached hydrogens (tertiary/aromatic N) is 1. The largest absolute Gasteiger partial charge is 0.370 e.